The molecule has 0 aromatic heterocycles. The molecule has 2 nitrogen and oxygen atoms in total. The molecule has 1 aliphatic rings. The first kappa shape index (κ1) is 20.7. The number of para-hydroxylation sites is 1. The minimum atomic E-state index is 0.0720. The van der Waals surface area contributed by atoms with Gasteiger partial charge in [0.25, 0.3) is 0 Å². The van der Waals surface area contributed by atoms with E-state index in [0.717, 1.165) is 38.4 Å². The van der Waals surface area contributed by atoms with Crippen LogP contribution in [0.15, 0.2) is 126 Å². The highest BCUT2D eigenvalue weighted by Gasteiger charge is 2.22. The summed E-state index contributed by atoms with van der Waals surface area (Å²) in [7, 11) is 2.14. The molecular formula is C34H23NO. The van der Waals surface area contributed by atoms with Gasteiger partial charge in [0.1, 0.15) is 0 Å². The molecule has 1 heterocycles. The zero-order valence-corrected chi connectivity index (χ0v) is 19.9. The third-order valence-electron chi connectivity index (χ3n) is 7.43. The zero-order chi connectivity index (χ0) is 24.2. The summed E-state index contributed by atoms with van der Waals surface area (Å²) in [5.41, 5.74) is 9.45. The third-order valence-corrected chi connectivity index (χ3v) is 7.43. The van der Waals surface area contributed by atoms with E-state index >= 15 is 0 Å². The fourth-order valence-corrected chi connectivity index (χ4v) is 5.65. The molecule has 6 aromatic rings. The van der Waals surface area contributed by atoms with Gasteiger partial charge < -0.3 is 4.90 Å². The molecule has 0 saturated heterocycles. The summed E-state index contributed by atoms with van der Waals surface area (Å²) in [4.78, 5) is 15.8. The monoisotopic (exact) mass is 461 g/mol. The largest absolute Gasteiger partial charge is 0.344 e. The molecule has 0 N–H and O–H groups in total. The van der Waals surface area contributed by atoms with E-state index < -0.39 is 0 Å². The highest BCUT2D eigenvalue weighted by atomic mass is 16.1. The maximum Gasteiger partial charge on any atom is 0.194 e. The Balaban J connectivity index is 1.52. The van der Waals surface area contributed by atoms with Gasteiger partial charge in [-0.3, -0.25) is 4.79 Å². The Labute approximate surface area is 209 Å². The van der Waals surface area contributed by atoms with Gasteiger partial charge in [-0.2, -0.15) is 0 Å². The van der Waals surface area contributed by atoms with Gasteiger partial charge in [-0.25, -0.2) is 0 Å². The Morgan fingerprint density at radius 3 is 1.97 bits per heavy atom. The Hall–Kier alpha value is -4.69. The lowest BCUT2D eigenvalue weighted by atomic mass is 9.91. The number of anilines is 2. The molecule has 0 bridgehead atoms. The van der Waals surface area contributed by atoms with Crippen LogP contribution in [0.3, 0.4) is 0 Å². The molecule has 0 fully saturated rings. The molecule has 0 radical (unpaired) electrons. The summed E-state index contributed by atoms with van der Waals surface area (Å²) in [6.07, 6.45) is 0. The quantitative estimate of drug-likeness (QED) is 0.245. The first-order valence-electron chi connectivity index (χ1n) is 12.2. The fraction of sp³-hybridized carbons (Fsp3) is 0.0294. The van der Waals surface area contributed by atoms with Crippen LogP contribution in [0.5, 0.6) is 0 Å². The number of rotatable bonds is 1. The molecule has 36 heavy (non-hydrogen) atoms. The number of benzene rings is 5. The molecule has 6 aromatic carbocycles. The molecule has 0 unspecified atom stereocenters. The molecule has 0 saturated carbocycles. The fourth-order valence-electron chi connectivity index (χ4n) is 5.65. The lowest BCUT2D eigenvalue weighted by Crippen LogP contribution is -2.10. The number of fused-ring (bicyclic) bond motifs is 7. The van der Waals surface area contributed by atoms with Gasteiger partial charge in [0.05, 0.1) is 0 Å². The number of hydrogen-bond acceptors (Lipinski definition) is 2. The van der Waals surface area contributed by atoms with Crippen molar-refractivity contribution in [1.29, 1.82) is 0 Å². The molecule has 0 amide bonds. The average molecular weight is 462 g/mol. The van der Waals surface area contributed by atoms with Gasteiger partial charge in [0, 0.05) is 40.3 Å². The summed E-state index contributed by atoms with van der Waals surface area (Å²) in [5.74, 6) is 0. The van der Waals surface area contributed by atoms with E-state index in [9.17, 15) is 4.79 Å². The minimum absolute atomic E-state index is 0.0720. The number of hydrogen-bond donors (Lipinski definition) is 0. The first-order chi connectivity index (χ1) is 17.7. The standard InChI is InChI=1S/C34H23NO/c1-35-32-16-7-6-13-29(32)26-11-4-5-12-27(26)31-21-23(18-20-33(31)35)24-14-8-15-30-28(24)19-17-22-9-2-3-10-25(22)34(30)36/h2-21H,1H3. The van der Waals surface area contributed by atoms with Crippen molar-refractivity contribution in [3.8, 4) is 33.4 Å². The number of nitrogens with zero attached hydrogens (tertiary/aromatic N) is 1. The van der Waals surface area contributed by atoms with Crippen LogP contribution >= 0.6 is 0 Å². The summed E-state index contributed by atoms with van der Waals surface area (Å²) in [6, 6.07) is 41.9. The van der Waals surface area contributed by atoms with Crippen LogP contribution in [0.2, 0.25) is 0 Å². The van der Waals surface area contributed by atoms with Crippen LogP contribution < -0.4 is 10.3 Å². The Morgan fingerprint density at radius 2 is 1.11 bits per heavy atom. The second-order valence-electron chi connectivity index (χ2n) is 9.37. The highest BCUT2D eigenvalue weighted by Crippen LogP contribution is 2.48. The normalized spacial score (nSPS) is 12.1. The van der Waals surface area contributed by atoms with Crippen molar-refractivity contribution in [3.05, 3.63) is 132 Å². The third kappa shape index (κ3) is 3.01. The van der Waals surface area contributed by atoms with Crippen LogP contribution in [0.1, 0.15) is 0 Å². The van der Waals surface area contributed by atoms with Crippen LogP contribution in [0.25, 0.3) is 54.9 Å². The van der Waals surface area contributed by atoms with Gasteiger partial charge in [-0.15, -0.1) is 0 Å². The molecule has 1 aliphatic heterocycles. The van der Waals surface area contributed by atoms with Crippen LogP contribution in [0.4, 0.5) is 11.4 Å². The van der Waals surface area contributed by atoms with Crippen molar-refractivity contribution in [2.24, 2.45) is 0 Å². The molecule has 0 aliphatic carbocycles. The Bertz CT molecular complexity index is 1890. The highest BCUT2D eigenvalue weighted by molar-refractivity contribution is 6.04. The second-order valence-corrected chi connectivity index (χ2v) is 9.37. The predicted octanol–water partition coefficient (Wildman–Crippen LogP) is 8.44. The summed E-state index contributed by atoms with van der Waals surface area (Å²) < 4.78 is 0. The maximum atomic E-state index is 13.5. The van der Waals surface area contributed by atoms with E-state index in [1.807, 2.05) is 36.4 Å². The smallest absolute Gasteiger partial charge is 0.194 e. The molecule has 0 spiro atoms. The van der Waals surface area contributed by atoms with E-state index in [-0.39, 0.29) is 5.43 Å². The zero-order valence-electron chi connectivity index (χ0n) is 19.9. The van der Waals surface area contributed by atoms with Gasteiger partial charge in [-0.05, 0) is 51.2 Å². The maximum absolute atomic E-state index is 13.5. The Kier molecular flexibility index (Phi) is 4.55. The average Bonchev–Trinajstić information content (AvgIpc) is 3.15. The lowest BCUT2D eigenvalue weighted by molar-refractivity contribution is 1.22. The van der Waals surface area contributed by atoms with Crippen LogP contribution in [0, 0.1) is 0 Å². The second kappa shape index (κ2) is 7.93. The van der Waals surface area contributed by atoms with E-state index in [4.69, 9.17) is 0 Å². The van der Waals surface area contributed by atoms with Gasteiger partial charge in [-0.1, -0.05) is 103 Å². The topological polar surface area (TPSA) is 20.3 Å². The summed E-state index contributed by atoms with van der Waals surface area (Å²) in [5, 5.41) is 3.42. The summed E-state index contributed by atoms with van der Waals surface area (Å²) in [6.45, 7) is 0. The van der Waals surface area contributed by atoms with Crippen molar-refractivity contribution >= 4 is 32.9 Å². The van der Waals surface area contributed by atoms with Gasteiger partial charge in [0.15, 0.2) is 5.43 Å². The van der Waals surface area contributed by atoms with Crippen molar-refractivity contribution < 1.29 is 0 Å². The predicted molar refractivity (Wildman–Crippen MR) is 152 cm³/mol. The SMILES string of the molecule is CN1c2ccccc2-c2ccccc2-c2cc(-c3cccc4c(=O)c5ccccc5ccc34)ccc21. The van der Waals surface area contributed by atoms with Gasteiger partial charge in [0.2, 0.25) is 0 Å². The van der Waals surface area contributed by atoms with Crippen molar-refractivity contribution in [2.45, 2.75) is 0 Å². The van der Waals surface area contributed by atoms with Gasteiger partial charge >= 0.3 is 0 Å². The van der Waals surface area contributed by atoms with E-state index in [0.29, 0.717) is 0 Å². The lowest BCUT2D eigenvalue weighted by Gasteiger charge is -2.22. The molecule has 7 rings (SSSR count). The van der Waals surface area contributed by atoms with Crippen LogP contribution in [-0.2, 0) is 0 Å². The molecule has 0 atom stereocenters. The minimum Gasteiger partial charge on any atom is -0.344 e. The molecule has 170 valence electrons. The van der Waals surface area contributed by atoms with E-state index in [1.54, 1.807) is 0 Å². The molecular weight excluding hydrogens is 438 g/mol. The van der Waals surface area contributed by atoms with E-state index in [2.05, 4.69) is 96.9 Å². The van der Waals surface area contributed by atoms with Crippen molar-refractivity contribution in [1.82, 2.24) is 0 Å². The molecule has 2 heteroatoms. The van der Waals surface area contributed by atoms with E-state index in [1.165, 1.54) is 27.9 Å². The first-order valence-corrected chi connectivity index (χ1v) is 12.2. The summed E-state index contributed by atoms with van der Waals surface area (Å²) >= 11 is 0. The van der Waals surface area contributed by atoms with Crippen molar-refractivity contribution in [3.63, 3.8) is 0 Å². The van der Waals surface area contributed by atoms with Crippen molar-refractivity contribution in [2.75, 3.05) is 11.9 Å². The van der Waals surface area contributed by atoms with Crippen LogP contribution in [-0.4, -0.2) is 7.05 Å². The Morgan fingerprint density at radius 1 is 0.472 bits per heavy atom.